The molecule has 0 saturated heterocycles. The molecule has 1 atom stereocenters. The first kappa shape index (κ1) is 17.0. The number of carbonyl (C=O) groups excluding carboxylic acids is 1. The lowest BCUT2D eigenvalue weighted by Crippen LogP contribution is -2.14. The summed E-state index contributed by atoms with van der Waals surface area (Å²) >= 11 is 5.95. The van der Waals surface area contributed by atoms with Crippen LogP contribution in [0, 0.1) is 0 Å². The van der Waals surface area contributed by atoms with Crippen molar-refractivity contribution in [3.63, 3.8) is 0 Å². The standard InChI is InChI=1S/C22H17ClN2O3/c23-14-2-4-15(5-3-14)24-16-6-7-19-17(11-16)18(22(26)25-19)9-13-1-8-20-21(10-13)28-12-27-20/h1-8,10-11,18,24H,9,12H2,(H,25,26). The number of fused-ring (bicyclic) bond motifs is 2. The molecule has 0 spiro atoms. The van der Waals surface area contributed by atoms with Gasteiger partial charge in [0, 0.05) is 22.1 Å². The van der Waals surface area contributed by atoms with Crippen molar-refractivity contribution in [2.45, 2.75) is 12.3 Å². The van der Waals surface area contributed by atoms with Crippen LogP contribution in [0.2, 0.25) is 5.02 Å². The minimum absolute atomic E-state index is 0.0105. The molecule has 28 heavy (non-hydrogen) atoms. The van der Waals surface area contributed by atoms with Gasteiger partial charge in [0.1, 0.15) is 0 Å². The van der Waals surface area contributed by atoms with E-state index in [-0.39, 0.29) is 18.6 Å². The number of hydrogen-bond acceptors (Lipinski definition) is 4. The van der Waals surface area contributed by atoms with Crippen LogP contribution in [0.3, 0.4) is 0 Å². The van der Waals surface area contributed by atoms with Gasteiger partial charge in [-0.15, -0.1) is 0 Å². The number of ether oxygens (including phenoxy) is 2. The van der Waals surface area contributed by atoms with Crippen LogP contribution in [0.15, 0.2) is 60.7 Å². The Balaban J connectivity index is 1.40. The van der Waals surface area contributed by atoms with E-state index in [1.165, 1.54) is 0 Å². The molecule has 0 bridgehead atoms. The van der Waals surface area contributed by atoms with Crippen molar-refractivity contribution < 1.29 is 14.3 Å². The Hall–Kier alpha value is -3.18. The van der Waals surface area contributed by atoms with Gasteiger partial charge in [0.05, 0.1) is 5.92 Å². The van der Waals surface area contributed by atoms with Gasteiger partial charge in [-0.05, 0) is 72.1 Å². The van der Waals surface area contributed by atoms with E-state index in [1.54, 1.807) is 0 Å². The second-order valence-corrected chi connectivity index (χ2v) is 7.30. The molecule has 0 aromatic heterocycles. The number of hydrogen-bond donors (Lipinski definition) is 2. The molecule has 3 aromatic rings. The number of benzene rings is 3. The molecule has 2 N–H and O–H groups in total. The summed E-state index contributed by atoms with van der Waals surface area (Å²) in [4.78, 5) is 12.6. The van der Waals surface area contributed by atoms with E-state index in [0.29, 0.717) is 11.4 Å². The molecule has 140 valence electrons. The molecule has 6 heteroatoms. The van der Waals surface area contributed by atoms with Crippen molar-refractivity contribution >= 4 is 34.6 Å². The SMILES string of the molecule is O=C1Nc2ccc(Nc3ccc(Cl)cc3)cc2C1Cc1ccc2c(c1)OCO2. The number of halogens is 1. The Bertz CT molecular complexity index is 1070. The molecule has 5 rings (SSSR count). The van der Waals surface area contributed by atoms with Crippen LogP contribution in [-0.2, 0) is 11.2 Å². The van der Waals surface area contributed by atoms with Crippen LogP contribution in [0.1, 0.15) is 17.0 Å². The third kappa shape index (κ3) is 3.14. The third-order valence-corrected chi connectivity index (χ3v) is 5.26. The molecule has 0 saturated carbocycles. The molecule has 5 nitrogen and oxygen atoms in total. The summed E-state index contributed by atoms with van der Waals surface area (Å²) in [6, 6.07) is 19.3. The maximum absolute atomic E-state index is 12.6. The summed E-state index contributed by atoms with van der Waals surface area (Å²) in [5.41, 5.74) is 4.74. The van der Waals surface area contributed by atoms with Crippen molar-refractivity contribution in [3.8, 4) is 11.5 Å². The van der Waals surface area contributed by atoms with E-state index < -0.39 is 0 Å². The molecule has 2 heterocycles. The average molecular weight is 393 g/mol. The lowest BCUT2D eigenvalue weighted by molar-refractivity contribution is -0.117. The monoisotopic (exact) mass is 392 g/mol. The molecule has 1 amide bonds. The van der Waals surface area contributed by atoms with E-state index >= 15 is 0 Å². The van der Waals surface area contributed by atoms with Crippen molar-refractivity contribution in [1.82, 2.24) is 0 Å². The van der Waals surface area contributed by atoms with Crippen LogP contribution in [-0.4, -0.2) is 12.7 Å². The van der Waals surface area contributed by atoms with Crippen molar-refractivity contribution in [3.05, 3.63) is 76.8 Å². The highest BCUT2D eigenvalue weighted by atomic mass is 35.5. The second kappa shape index (κ2) is 6.77. The molecule has 0 fully saturated rings. The van der Waals surface area contributed by atoms with Gasteiger partial charge in [0.25, 0.3) is 0 Å². The predicted octanol–water partition coefficient (Wildman–Crippen LogP) is 5.09. The average Bonchev–Trinajstić information content (AvgIpc) is 3.28. The zero-order chi connectivity index (χ0) is 19.1. The largest absolute Gasteiger partial charge is 0.454 e. The number of anilines is 3. The summed E-state index contributed by atoms with van der Waals surface area (Å²) in [5.74, 6) is 1.24. The fourth-order valence-corrected chi connectivity index (χ4v) is 3.74. The van der Waals surface area contributed by atoms with Crippen LogP contribution < -0.4 is 20.1 Å². The van der Waals surface area contributed by atoms with Gasteiger partial charge >= 0.3 is 0 Å². The molecular formula is C22H17ClN2O3. The fourth-order valence-electron chi connectivity index (χ4n) is 3.61. The lowest BCUT2D eigenvalue weighted by Gasteiger charge is -2.12. The highest BCUT2D eigenvalue weighted by Gasteiger charge is 2.31. The summed E-state index contributed by atoms with van der Waals surface area (Å²) in [6.45, 7) is 0.241. The first-order valence-electron chi connectivity index (χ1n) is 9.02. The quantitative estimate of drug-likeness (QED) is 0.649. The number of rotatable bonds is 4. The minimum Gasteiger partial charge on any atom is -0.454 e. The number of carbonyl (C=O) groups is 1. The highest BCUT2D eigenvalue weighted by molar-refractivity contribution is 6.30. The number of nitrogens with one attached hydrogen (secondary N) is 2. The van der Waals surface area contributed by atoms with Gasteiger partial charge in [-0.25, -0.2) is 0 Å². The van der Waals surface area contributed by atoms with Crippen LogP contribution in [0.25, 0.3) is 0 Å². The number of amides is 1. The Labute approximate surface area is 167 Å². The van der Waals surface area contributed by atoms with Crippen LogP contribution in [0.4, 0.5) is 17.1 Å². The Kier molecular flexibility index (Phi) is 4.10. The molecule has 3 aromatic carbocycles. The molecule has 2 aliphatic heterocycles. The maximum atomic E-state index is 12.6. The Morgan fingerprint density at radius 2 is 1.75 bits per heavy atom. The second-order valence-electron chi connectivity index (χ2n) is 6.87. The smallest absolute Gasteiger partial charge is 0.232 e. The van der Waals surface area contributed by atoms with Crippen molar-refractivity contribution in [1.29, 1.82) is 0 Å². The first-order chi connectivity index (χ1) is 13.7. The predicted molar refractivity (Wildman–Crippen MR) is 109 cm³/mol. The summed E-state index contributed by atoms with van der Waals surface area (Å²) in [5, 5.41) is 7.03. The van der Waals surface area contributed by atoms with E-state index in [4.69, 9.17) is 21.1 Å². The van der Waals surface area contributed by atoms with E-state index in [2.05, 4.69) is 10.6 Å². The topological polar surface area (TPSA) is 59.6 Å². The first-order valence-corrected chi connectivity index (χ1v) is 9.39. The molecule has 0 radical (unpaired) electrons. The molecule has 1 unspecified atom stereocenters. The van der Waals surface area contributed by atoms with Crippen LogP contribution in [0.5, 0.6) is 11.5 Å². The van der Waals surface area contributed by atoms with Gasteiger partial charge in [-0.2, -0.15) is 0 Å². The van der Waals surface area contributed by atoms with E-state index in [9.17, 15) is 4.79 Å². The Morgan fingerprint density at radius 3 is 2.61 bits per heavy atom. The minimum atomic E-state index is -0.248. The zero-order valence-corrected chi connectivity index (χ0v) is 15.6. The molecule has 2 aliphatic rings. The van der Waals surface area contributed by atoms with Gasteiger partial charge in [-0.1, -0.05) is 17.7 Å². The summed E-state index contributed by atoms with van der Waals surface area (Å²) < 4.78 is 10.8. The van der Waals surface area contributed by atoms with Gasteiger partial charge in [0.15, 0.2) is 11.5 Å². The summed E-state index contributed by atoms with van der Waals surface area (Å²) in [6.07, 6.45) is 0.597. The van der Waals surface area contributed by atoms with Gasteiger partial charge in [0.2, 0.25) is 12.7 Å². The lowest BCUT2D eigenvalue weighted by atomic mass is 9.92. The van der Waals surface area contributed by atoms with Crippen molar-refractivity contribution in [2.24, 2.45) is 0 Å². The molecule has 0 aliphatic carbocycles. The maximum Gasteiger partial charge on any atom is 0.232 e. The fraction of sp³-hybridized carbons (Fsp3) is 0.136. The molecular weight excluding hydrogens is 376 g/mol. The van der Waals surface area contributed by atoms with E-state index in [1.807, 2.05) is 60.7 Å². The van der Waals surface area contributed by atoms with E-state index in [0.717, 1.165) is 39.7 Å². The third-order valence-electron chi connectivity index (χ3n) is 5.01. The van der Waals surface area contributed by atoms with Crippen molar-refractivity contribution in [2.75, 3.05) is 17.4 Å². The Morgan fingerprint density at radius 1 is 0.964 bits per heavy atom. The van der Waals surface area contributed by atoms with Gasteiger partial charge in [-0.3, -0.25) is 4.79 Å². The summed E-state index contributed by atoms with van der Waals surface area (Å²) in [7, 11) is 0. The normalized spacial score (nSPS) is 16.6. The zero-order valence-electron chi connectivity index (χ0n) is 14.9. The van der Waals surface area contributed by atoms with Gasteiger partial charge < -0.3 is 20.1 Å². The van der Waals surface area contributed by atoms with Crippen LogP contribution >= 0.6 is 11.6 Å². The highest BCUT2D eigenvalue weighted by Crippen LogP contribution is 2.39.